The zero-order chi connectivity index (χ0) is 19.9. The Labute approximate surface area is 154 Å². The molecule has 26 heavy (non-hydrogen) atoms. The first kappa shape index (κ1) is 21.5. The highest BCUT2D eigenvalue weighted by Crippen LogP contribution is 2.25. The van der Waals surface area contributed by atoms with Crippen molar-refractivity contribution in [3.8, 4) is 5.75 Å². The van der Waals surface area contributed by atoms with Crippen LogP contribution in [-0.4, -0.2) is 31.2 Å². The van der Waals surface area contributed by atoms with E-state index in [0.29, 0.717) is 12.2 Å². The van der Waals surface area contributed by atoms with Gasteiger partial charge < -0.3 is 19.5 Å². The van der Waals surface area contributed by atoms with Gasteiger partial charge in [-0.3, -0.25) is 4.79 Å². The number of rotatable bonds is 7. The number of alkyl carbamates (subject to hydrolysis) is 1. The zero-order valence-corrected chi connectivity index (χ0v) is 16.2. The molecule has 0 spiro atoms. The normalized spacial score (nSPS) is 11.7. The highest BCUT2D eigenvalue weighted by Gasteiger charge is 2.19. The predicted octanol–water partition coefficient (Wildman–Crippen LogP) is 3.68. The zero-order valence-electron chi connectivity index (χ0n) is 16.2. The van der Waals surface area contributed by atoms with E-state index in [9.17, 15) is 14.4 Å². The van der Waals surface area contributed by atoms with Crippen LogP contribution < -0.4 is 10.1 Å². The Morgan fingerprint density at radius 3 is 2.15 bits per heavy atom. The van der Waals surface area contributed by atoms with Gasteiger partial charge in [0.15, 0.2) is 5.78 Å². The van der Waals surface area contributed by atoms with Crippen LogP contribution in [0.4, 0.5) is 9.59 Å². The quantitative estimate of drug-likeness (QED) is 0.585. The van der Waals surface area contributed by atoms with Crippen LogP contribution in [-0.2, 0) is 20.9 Å². The van der Waals surface area contributed by atoms with Gasteiger partial charge in [-0.2, -0.15) is 0 Å². The molecule has 1 amide bonds. The molecule has 0 aliphatic carbocycles. The maximum atomic E-state index is 12.0. The van der Waals surface area contributed by atoms with Gasteiger partial charge in [0.25, 0.3) is 0 Å². The molecular weight excluding hydrogens is 338 g/mol. The van der Waals surface area contributed by atoms with E-state index < -0.39 is 18.3 Å². The number of aryl methyl sites for hydroxylation is 2. The lowest BCUT2D eigenvalue weighted by Crippen LogP contribution is -2.40. The van der Waals surface area contributed by atoms with Crippen molar-refractivity contribution in [1.82, 2.24) is 5.32 Å². The molecule has 1 rings (SSSR count). The molecule has 144 valence electrons. The standard InChI is InChI=1S/C19H27NO6/c1-11(2)7-16(14(5)21)20-18(22)25-10-15-8-12(3)17(13(4)9-15)26-19(23)24-6/h8-9,11,16H,7,10H2,1-6H3,(H,20,22). The van der Waals surface area contributed by atoms with Gasteiger partial charge in [0.05, 0.1) is 13.2 Å². The average Bonchev–Trinajstić information content (AvgIpc) is 2.54. The number of benzene rings is 1. The monoisotopic (exact) mass is 365 g/mol. The van der Waals surface area contributed by atoms with Crippen molar-refractivity contribution < 1.29 is 28.6 Å². The van der Waals surface area contributed by atoms with Crippen molar-refractivity contribution in [2.24, 2.45) is 5.92 Å². The number of nitrogens with one attached hydrogen (secondary N) is 1. The van der Waals surface area contributed by atoms with E-state index in [2.05, 4.69) is 10.1 Å². The minimum atomic E-state index is -0.792. The van der Waals surface area contributed by atoms with Crippen LogP contribution in [0.3, 0.4) is 0 Å². The van der Waals surface area contributed by atoms with E-state index in [-0.39, 0.29) is 18.3 Å². The molecule has 7 heteroatoms. The molecule has 0 bridgehead atoms. The van der Waals surface area contributed by atoms with Crippen LogP contribution in [0.1, 0.15) is 43.9 Å². The number of ether oxygens (including phenoxy) is 3. The Kier molecular flexibility index (Phi) is 8.09. The van der Waals surface area contributed by atoms with E-state index >= 15 is 0 Å². The number of carbonyl (C=O) groups excluding carboxylic acids is 3. The fourth-order valence-electron chi connectivity index (χ4n) is 2.54. The first-order chi connectivity index (χ1) is 12.1. The molecule has 7 nitrogen and oxygen atoms in total. The van der Waals surface area contributed by atoms with Gasteiger partial charge in [-0.25, -0.2) is 9.59 Å². The molecule has 0 heterocycles. The summed E-state index contributed by atoms with van der Waals surface area (Å²) in [5.41, 5.74) is 2.18. The molecule has 1 unspecified atom stereocenters. The summed E-state index contributed by atoms with van der Waals surface area (Å²) in [5, 5.41) is 2.60. The molecule has 1 atom stereocenters. The topological polar surface area (TPSA) is 90.9 Å². The SMILES string of the molecule is COC(=O)Oc1c(C)cc(COC(=O)NC(CC(C)C)C(C)=O)cc1C. The molecule has 0 fully saturated rings. The van der Waals surface area contributed by atoms with Crippen molar-refractivity contribution in [1.29, 1.82) is 0 Å². The fourth-order valence-corrected chi connectivity index (χ4v) is 2.54. The Hall–Kier alpha value is -2.57. The summed E-state index contributed by atoms with van der Waals surface area (Å²) in [6.45, 7) is 9.00. The molecule has 1 aromatic carbocycles. The molecule has 0 aromatic heterocycles. The van der Waals surface area contributed by atoms with Crippen LogP contribution >= 0.6 is 0 Å². The second-order valence-corrected chi connectivity index (χ2v) is 6.63. The van der Waals surface area contributed by atoms with E-state index in [1.54, 1.807) is 26.0 Å². The van der Waals surface area contributed by atoms with Gasteiger partial charge in [0.1, 0.15) is 12.4 Å². The highest BCUT2D eigenvalue weighted by molar-refractivity contribution is 5.85. The second-order valence-electron chi connectivity index (χ2n) is 6.63. The van der Waals surface area contributed by atoms with E-state index in [0.717, 1.165) is 16.7 Å². The summed E-state index contributed by atoms with van der Waals surface area (Å²) in [6, 6.07) is 2.96. The van der Waals surface area contributed by atoms with Crippen molar-refractivity contribution in [2.45, 2.75) is 53.7 Å². The third-order valence-electron chi connectivity index (χ3n) is 3.73. The van der Waals surface area contributed by atoms with Crippen molar-refractivity contribution in [2.75, 3.05) is 7.11 Å². The largest absolute Gasteiger partial charge is 0.513 e. The Bertz CT molecular complexity index is 645. The van der Waals surface area contributed by atoms with Crippen LogP contribution in [0.5, 0.6) is 5.75 Å². The lowest BCUT2D eigenvalue weighted by atomic mass is 10.0. The third kappa shape index (κ3) is 6.74. The van der Waals surface area contributed by atoms with Gasteiger partial charge in [-0.15, -0.1) is 0 Å². The molecule has 0 radical (unpaired) electrons. The maximum Gasteiger partial charge on any atom is 0.513 e. The number of hydrogen-bond donors (Lipinski definition) is 1. The minimum absolute atomic E-state index is 0.0400. The first-order valence-corrected chi connectivity index (χ1v) is 8.43. The highest BCUT2D eigenvalue weighted by atomic mass is 16.7. The molecule has 1 aromatic rings. The van der Waals surface area contributed by atoms with Gasteiger partial charge in [0.2, 0.25) is 0 Å². The summed E-state index contributed by atoms with van der Waals surface area (Å²) in [5.74, 6) is 0.585. The lowest BCUT2D eigenvalue weighted by molar-refractivity contribution is -0.119. The summed E-state index contributed by atoms with van der Waals surface area (Å²) in [4.78, 5) is 34.8. The van der Waals surface area contributed by atoms with Gasteiger partial charge in [-0.1, -0.05) is 13.8 Å². The van der Waals surface area contributed by atoms with Crippen LogP contribution in [0, 0.1) is 19.8 Å². The molecule has 0 aliphatic rings. The summed E-state index contributed by atoms with van der Waals surface area (Å²) >= 11 is 0. The molecule has 0 saturated heterocycles. The van der Waals surface area contributed by atoms with Crippen molar-refractivity contribution in [3.63, 3.8) is 0 Å². The number of carbonyl (C=O) groups is 3. The molecule has 0 aliphatic heterocycles. The maximum absolute atomic E-state index is 12.0. The Morgan fingerprint density at radius 1 is 1.12 bits per heavy atom. The lowest BCUT2D eigenvalue weighted by Gasteiger charge is -2.18. The summed E-state index contributed by atoms with van der Waals surface area (Å²) < 4.78 is 14.8. The minimum Gasteiger partial charge on any atom is -0.445 e. The molecular formula is C19H27NO6. The van der Waals surface area contributed by atoms with E-state index in [1.165, 1.54) is 14.0 Å². The van der Waals surface area contributed by atoms with Gasteiger partial charge >= 0.3 is 12.2 Å². The fraction of sp³-hybridized carbons (Fsp3) is 0.526. The summed E-state index contributed by atoms with van der Waals surface area (Å²) in [7, 11) is 1.24. The molecule has 0 saturated carbocycles. The number of ketones is 1. The Morgan fingerprint density at radius 2 is 1.69 bits per heavy atom. The first-order valence-electron chi connectivity index (χ1n) is 8.43. The third-order valence-corrected chi connectivity index (χ3v) is 3.73. The van der Waals surface area contributed by atoms with Gasteiger partial charge in [0, 0.05) is 0 Å². The smallest absolute Gasteiger partial charge is 0.445 e. The molecule has 1 N–H and O–H groups in total. The number of Topliss-reactive ketones (excluding diaryl/α,β-unsaturated/α-hetero) is 1. The Balaban J connectivity index is 2.70. The van der Waals surface area contributed by atoms with E-state index in [4.69, 9.17) is 9.47 Å². The van der Waals surface area contributed by atoms with Crippen LogP contribution in [0.2, 0.25) is 0 Å². The summed E-state index contributed by atoms with van der Waals surface area (Å²) in [6.07, 6.45) is -0.876. The van der Waals surface area contributed by atoms with Gasteiger partial charge in [-0.05, 0) is 61.9 Å². The number of methoxy groups -OCH3 is 1. The number of hydrogen-bond acceptors (Lipinski definition) is 6. The van der Waals surface area contributed by atoms with Crippen LogP contribution in [0.15, 0.2) is 12.1 Å². The second kappa shape index (κ2) is 9.79. The predicted molar refractivity (Wildman–Crippen MR) is 96.2 cm³/mol. The van der Waals surface area contributed by atoms with Crippen LogP contribution in [0.25, 0.3) is 0 Å². The van der Waals surface area contributed by atoms with E-state index in [1.807, 2.05) is 13.8 Å². The number of amides is 1. The van der Waals surface area contributed by atoms with Crippen molar-refractivity contribution >= 4 is 18.0 Å². The van der Waals surface area contributed by atoms with Crippen molar-refractivity contribution in [3.05, 3.63) is 28.8 Å². The average molecular weight is 365 g/mol.